The van der Waals surface area contributed by atoms with Crippen molar-refractivity contribution in [1.82, 2.24) is 0 Å². The van der Waals surface area contributed by atoms with Crippen LogP contribution in [0.15, 0.2) is 48.0 Å². The summed E-state index contributed by atoms with van der Waals surface area (Å²) in [5.41, 5.74) is 2.52. The lowest BCUT2D eigenvalue weighted by molar-refractivity contribution is -0.112. The first-order valence-corrected chi connectivity index (χ1v) is 8.44. The zero-order chi connectivity index (χ0) is 18.9. The molecule has 26 heavy (non-hydrogen) atoms. The molecular weight excluding hydrogens is 328 g/mol. The molecule has 0 fully saturated rings. The van der Waals surface area contributed by atoms with Crippen molar-refractivity contribution in [3.63, 3.8) is 0 Å². The van der Waals surface area contributed by atoms with E-state index in [4.69, 9.17) is 9.47 Å². The van der Waals surface area contributed by atoms with Crippen LogP contribution in [0, 0.1) is 11.3 Å². The number of hydrogen-bond donors (Lipinski definition) is 1. The van der Waals surface area contributed by atoms with Gasteiger partial charge in [-0.05, 0) is 54.8 Å². The Labute approximate surface area is 153 Å². The second-order valence-electron chi connectivity index (χ2n) is 5.52. The lowest BCUT2D eigenvalue weighted by Crippen LogP contribution is -2.13. The Bertz CT molecular complexity index is 833. The summed E-state index contributed by atoms with van der Waals surface area (Å²) >= 11 is 0. The molecule has 2 rings (SSSR count). The zero-order valence-corrected chi connectivity index (χ0v) is 15.2. The maximum absolute atomic E-state index is 12.4. The predicted molar refractivity (Wildman–Crippen MR) is 102 cm³/mol. The third kappa shape index (κ3) is 4.87. The van der Waals surface area contributed by atoms with E-state index in [0.29, 0.717) is 29.4 Å². The lowest BCUT2D eigenvalue weighted by Gasteiger charge is -2.10. The van der Waals surface area contributed by atoms with Gasteiger partial charge in [0.15, 0.2) is 11.5 Å². The average Bonchev–Trinajstić information content (AvgIpc) is 2.67. The second kappa shape index (κ2) is 9.28. The van der Waals surface area contributed by atoms with Crippen molar-refractivity contribution in [2.45, 2.75) is 20.3 Å². The molecule has 0 saturated heterocycles. The molecule has 0 unspecified atom stereocenters. The van der Waals surface area contributed by atoms with Crippen LogP contribution in [0.4, 0.5) is 5.69 Å². The number of carbonyl (C=O) groups is 1. The quantitative estimate of drug-likeness (QED) is 0.600. The monoisotopic (exact) mass is 350 g/mol. The number of benzene rings is 2. The number of nitrogens with one attached hydrogen (secondary N) is 1. The molecule has 0 aliphatic heterocycles. The summed E-state index contributed by atoms with van der Waals surface area (Å²) in [5.74, 6) is 0.712. The van der Waals surface area contributed by atoms with E-state index < -0.39 is 5.91 Å². The van der Waals surface area contributed by atoms with Gasteiger partial charge in [0.1, 0.15) is 11.6 Å². The Kier molecular flexibility index (Phi) is 6.81. The van der Waals surface area contributed by atoms with Gasteiger partial charge in [-0.15, -0.1) is 0 Å². The van der Waals surface area contributed by atoms with E-state index in [2.05, 4.69) is 12.2 Å². The average molecular weight is 350 g/mol. The molecule has 0 spiro atoms. The van der Waals surface area contributed by atoms with Crippen LogP contribution < -0.4 is 14.8 Å². The smallest absolute Gasteiger partial charge is 0.266 e. The van der Waals surface area contributed by atoms with Gasteiger partial charge in [-0.2, -0.15) is 5.26 Å². The van der Waals surface area contributed by atoms with Crippen LogP contribution >= 0.6 is 0 Å². The number of nitrogens with zero attached hydrogens (tertiary/aromatic N) is 1. The van der Waals surface area contributed by atoms with Gasteiger partial charge in [-0.25, -0.2) is 0 Å². The van der Waals surface area contributed by atoms with E-state index in [-0.39, 0.29) is 5.57 Å². The summed E-state index contributed by atoms with van der Waals surface area (Å²) in [6.45, 7) is 4.47. The minimum atomic E-state index is -0.454. The molecule has 0 aromatic heterocycles. The summed E-state index contributed by atoms with van der Waals surface area (Å²) in [4.78, 5) is 12.4. The molecule has 5 heteroatoms. The van der Waals surface area contributed by atoms with Crippen molar-refractivity contribution in [2.24, 2.45) is 0 Å². The predicted octanol–water partition coefficient (Wildman–Crippen LogP) is 4.20. The van der Waals surface area contributed by atoms with Crippen molar-refractivity contribution >= 4 is 17.7 Å². The van der Waals surface area contributed by atoms with Gasteiger partial charge >= 0.3 is 0 Å². The first-order valence-electron chi connectivity index (χ1n) is 8.44. The van der Waals surface area contributed by atoms with Gasteiger partial charge < -0.3 is 14.8 Å². The molecule has 5 nitrogen and oxygen atoms in total. The topological polar surface area (TPSA) is 71.3 Å². The number of rotatable bonds is 7. The minimum absolute atomic E-state index is 0.00998. The summed E-state index contributed by atoms with van der Waals surface area (Å²) in [7, 11) is 1.54. The highest BCUT2D eigenvalue weighted by Gasteiger charge is 2.11. The normalized spacial score (nSPS) is 10.8. The largest absolute Gasteiger partial charge is 0.493 e. The van der Waals surface area contributed by atoms with Gasteiger partial charge in [-0.1, -0.05) is 25.1 Å². The van der Waals surface area contributed by atoms with E-state index in [0.717, 1.165) is 6.42 Å². The Hall–Kier alpha value is -3.26. The fraction of sp³-hybridized carbons (Fsp3) is 0.238. The maximum Gasteiger partial charge on any atom is 0.266 e. The van der Waals surface area contributed by atoms with Crippen LogP contribution in [0.1, 0.15) is 25.0 Å². The molecule has 0 bridgehead atoms. The number of methoxy groups -OCH3 is 1. The number of carbonyl (C=O) groups excluding carboxylic acids is 1. The molecule has 134 valence electrons. The van der Waals surface area contributed by atoms with Crippen molar-refractivity contribution in [1.29, 1.82) is 5.26 Å². The van der Waals surface area contributed by atoms with E-state index in [1.54, 1.807) is 25.3 Å². The van der Waals surface area contributed by atoms with E-state index in [9.17, 15) is 10.1 Å². The number of amides is 1. The van der Waals surface area contributed by atoms with Crippen molar-refractivity contribution in [2.75, 3.05) is 19.0 Å². The van der Waals surface area contributed by atoms with Crippen LogP contribution in [-0.4, -0.2) is 19.6 Å². The number of hydrogen-bond acceptors (Lipinski definition) is 4. The van der Waals surface area contributed by atoms with E-state index >= 15 is 0 Å². The first kappa shape index (κ1) is 19.1. The zero-order valence-electron chi connectivity index (χ0n) is 15.2. The Morgan fingerprint density at radius 3 is 2.46 bits per heavy atom. The molecule has 0 atom stereocenters. The van der Waals surface area contributed by atoms with E-state index in [1.807, 2.05) is 37.3 Å². The van der Waals surface area contributed by atoms with Crippen LogP contribution in [0.2, 0.25) is 0 Å². The van der Waals surface area contributed by atoms with Gasteiger partial charge in [0.2, 0.25) is 0 Å². The fourth-order valence-electron chi connectivity index (χ4n) is 2.39. The van der Waals surface area contributed by atoms with Crippen LogP contribution in [0.3, 0.4) is 0 Å². The first-order chi connectivity index (χ1) is 12.6. The Balaban J connectivity index is 2.20. The highest BCUT2D eigenvalue weighted by atomic mass is 16.5. The Morgan fingerprint density at radius 1 is 1.15 bits per heavy atom. The van der Waals surface area contributed by atoms with Gasteiger partial charge in [0, 0.05) is 5.69 Å². The van der Waals surface area contributed by atoms with Crippen molar-refractivity contribution in [3.8, 4) is 17.6 Å². The molecule has 1 N–H and O–H groups in total. The molecule has 0 heterocycles. The maximum atomic E-state index is 12.4. The number of nitriles is 1. The van der Waals surface area contributed by atoms with Crippen molar-refractivity contribution in [3.05, 3.63) is 59.2 Å². The third-order valence-corrected chi connectivity index (χ3v) is 3.78. The van der Waals surface area contributed by atoms with Gasteiger partial charge in [-0.3, -0.25) is 4.79 Å². The van der Waals surface area contributed by atoms with Crippen LogP contribution in [0.5, 0.6) is 11.5 Å². The number of aryl methyl sites for hydroxylation is 1. The highest BCUT2D eigenvalue weighted by Crippen LogP contribution is 2.29. The highest BCUT2D eigenvalue weighted by molar-refractivity contribution is 6.09. The second-order valence-corrected chi connectivity index (χ2v) is 5.52. The standard InChI is InChI=1S/C21H22N2O3/c1-4-15-6-9-18(10-7-15)23-21(24)17(14-22)12-16-8-11-19(26-5-2)20(13-16)25-3/h6-13H,4-5H2,1-3H3,(H,23,24)/b17-12+. The summed E-state index contributed by atoms with van der Waals surface area (Å²) in [6, 6.07) is 14.7. The lowest BCUT2D eigenvalue weighted by atomic mass is 10.1. The van der Waals surface area contributed by atoms with E-state index in [1.165, 1.54) is 11.6 Å². The molecule has 0 aliphatic rings. The number of ether oxygens (including phenoxy) is 2. The van der Waals surface area contributed by atoms with Crippen LogP contribution in [0.25, 0.3) is 6.08 Å². The summed E-state index contributed by atoms with van der Waals surface area (Å²) in [5, 5.41) is 12.1. The SMILES string of the molecule is CCOc1ccc(/C=C(\C#N)C(=O)Nc2ccc(CC)cc2)cc1OC. The summed E-state index contributed by atoms with van der Waals surface area (Å²) in [6.07, 6.45) is 2.45. The third-order valence-electron chi connectivity index (χ3n) is 3.78. The summed E-state index contributed by atoms with van der Waals surface area (Å²) < 4.78 is 10.8. The molecule has 0 radical (unpaired) electrons. The molecule has 2 aromatic rings. The van der Waals surface area contributed by atoms with Gasteiger partial charge in [0.05, 0.1) is 13.7 Å². The molecular formula is C21H22N2O3. The van der Waals surface area contributed by atoms with Crippen molar-refractivity contribution < 1.29 is 14.3 Å². The minimum Gasteiger partial charge on any atom is -0.493 e. The molecule has 0 aliphatic carbocycles. The van der Waals surface area contributed by atoms with Crippen LogP contribution in [-0.2, 0) is 11.2 Å². The fourth-order valence-corrected chi connectivity index (χ4v) is 2.39. The molecule has 2 aromatic carbocycles. The molecule has 0 saturated carbocycles. The number of anilines is 1. The van der Waals surface area contributed by atoms with Gasteiger partial charge in [0.25, 0.3) is 5.91 Å². The Morgan fingerprint density at radius 2 is 1.88 bits per heavy atom. The molecule has 1 amide bonds.